The molecular weight excluding hydrogens is 560 g/mol. The Bertz CT molecular complexity index is 2430. The van der Waals surface area contributed by atoms with E-state index in [4.69, 9.17) is 9.97 Å². The van der Waals surface area contributed by atoms with E-state index >= 15 is 0 Å². The number of nitrogens with zero attached hydrogens (tertiary/aromatic N) is 4. The monoisotopic (exact) mass is 594 g/mol. The molecule has 4 aliphatic heterocycles. The summed E-state index contributed by atoms with van der Waals surface area (Å²) in [5.41, 5.74) is 10.7. The molecule has 0 spiro atoms. The highest BCUT2D eigenvalue weighted by Gasteiger charge is 2.23. The fourth-order valence-electron chi connectivity index (χ4n) is 8.58. The van der Waals surface area contributed by atoms with Gasteiger partial charge in [0.1, 0.15) is 5.82 Å². The third-order valence-corrected chi connectivity index (χ3v) is 10.7. The molecule has 2 atom stereocenters. The van der Waals surface area contributed by atoms with Crippen LogP contribution in [0.4, 0.5) is 0 Å². The fraction of sp³-hybridized carbons (Fsp3) is 0.190. The second kappa shape index (κ2) is 10.1. The first-order chi connectivity index (χ1) is 22.8. The van der Waals surface area contributed by atoms with Gasteiger partial charge in [-0.2, -0.15) is 0 Å². The van der Waals surface area contributed by atoms with Crippen molar-refractivity contribution < 1.29 is 0 Å². The Hall–Kier alpha value is -5.22. The van der Waals surface area contributed by atoms with Crippen LogP contribution in [-0.2, 0) is 12.8 Å². The van der Waals surface area contributed by atoms with Gasteiger partial charge >= 0.3 is 0 Å². The van der Waals surface area contributed by atoms with Crippen LogP contribution in [-0.4, -0.2) is 19.1 Å². The van der Waals surface area contributed by atoms with Crippen LogP contribution in [0.1, 0.15) is 36.8 Å². The van der Waals surface area contributed by atoms with Crippen molar-refractivity contribution in [2.45, 2.75) is 38.5 Å². The Kier molecular flexibility index (Phi) is 5.75. The van der Waals surface area contributed by atoms with Gasteiger partial charge in [0.15, 0.2) is 0 Å². The van der Waals surface area contributed by atoms with Crippen molar-refractivity contribution in [3.8, 4) is 22.8 Å². The first-order valence-electron chi connectivity index (χ1n) is 16.7. The summed E-state index contributed by atoms with van der Waals surface area (Å²) in [7, 11) is 0. The third kappa shape index (κ3) is 4.06. The molecule has 1 fully saturated rings. The molecule has 0 amide bonds. The summed E-state index contributed by atoms with van der Waals surface area (Å²) in [6.45, 7) is 0. The molecule has 222 valence electrons. The second-order valence-electron chi connectivity index (χ2n) is 13.5. The number of para-hydroxylation sites is 2. The highest BCUT2D eigenvalue weighted by atomic mass is 15.1. The van der Waals surface area contributed by atoms with E-state index < -0.39 is 0 Å². The van der Waals surface area contributed by atoms with Gasteiger partial charge in [0.25, 0.3) is 0 Å². The Morgan fingerprint density at radius 1 is 0.522 bits per heavy atom. The summed E-state index contributed by atoms with van der Waals surface area (Å²) in [5.74, 6) is 2.39. The van der Waals surface area contributed by atoms with E-state index in [2.05, 4.69) is 131 Å². The quantitative estimate of drug-likeness (QED) is 0.175. The van der Waals surface area contributed by atoms with Gasteiger partial charge in [-0.3, -0.25) is 9.55 Å². The normalized spacial score (nSPS) is 17.9. The summed E-state index contributed by atoms with van der Waals surface area (Å²) >= 11 is 0. The summed E-state index contributed by atoms with van der Waals surface area (Å²) in [6.07, 6.45) is 11.7. The van der Waals surface area contributed by atoms with Crippen LogP contribution < -0.4 is 0 Å². The lowest BCUT2D eigenvalue weighted by molar-refractivity contribution is 0.263. The van der Waals surface area contributed by atoms with Gasteiger partial charge in [-0.25, -0.2) is 4.98 Å². The predicted molar refractivity (Wildman–Crippen MR) is 189 cm³/mol. The van der Waals surface area contributed by atoms with E-state index in [1.165, 1.54) is 80.4 Å². The molecule has 5 aliphatic rings. The molecule has 1 aliphatic carbocycles. The first-order valence-corrected chi connectivity index (χ1v) is 16.7. The van der Waals surface area contributed by atoms with Crippen molar-refractivity contribution in [3.05, 3.63) is 133 Å². The van der Waals surface area contributed by atoms with E-state index in [-0.39, 0.29) is 0 Å². The van der Waals surface area contributed by atoms with Crippen molar-refractivity contribution in [2.24, 2.45) is 11.8 Å². The van der Waals surface area contributed by atoms with Gasteiger partial charge < -0.3 is 4.57 Å². The maximum absolute atomic E-state index is 5.12. The van der Waals surface area contributed by atoms with Crippen LogP contribution in [0.15, 0.2) is 122 Å². The largest absolute Gasteiger partial charge is 0.309 e. The minimum absolute atomic E-state index is 0.708. The van der Waals surface area contributed by atoms with E-state index in [0.29, 0.717) is 11.8 Å². The Morgan fingerprint density at radius 3 is 1.85 bits per heavy atom. The van der Waals surface area contributed by atoms with Crippen molar-refractivity contribution in [1.29, 1.82) is 0 Å². The molecule has 4 aromatic heterocycles. The number of aromatic nitrogens is 4. The van der Waals surface area contributed by atoms with E-state index in [0.717, 1.165) is 35.6 Å². The fourth-order valence-corrected chi connectivity index (χ4v) is 8.58. The average molecular weight is 595 g/mol. The molecule has 4 heteroatoms. The highest BCUT2D eigenvalue weighted by molar-refractivity contribution is 6.12. The van der Waals surface area contributed by atoms with Gasteiger partial charge in [-0.1, -0.05) is 86.0 Å². The van der Waals surface area contributed by atoms with Crippen molar-refractivity contribution in [3.63, 3.8) is 0 Å². The topological polar surface area (TPSA) is 35.6 Å². The maximum Gasteiger partial charge on any atom is 0.137 e. The molecular formula is C42H34N4. The molecule has 0 saturated heterocycles. The van der Waals surface area contributed by atoms with Crippen molar-refractivity contribution >= 4 is 43.6 Å². The van der Waals surface area contributed by atoms with Gasteiger partial charge in [-0.15, -0.1) is 0 Å². The lowest BCUT2D eigenvalue weighted by Gasteiger charge is -2.29. The summed E-state index contributed by atoms with van der Waals surface area (Å²) in [6, 6.07) is 40.3. The van der Waals surface area contributed by atoms with Crippen LogP contribution in [0, 0.1) is 11.8 Å². The smallest absolute Gasteiger partial charge is 0.137 e. The molecule has 0 radical (unpaired) electrons. The van der Waals surface area contributed by atoms with Gasteiger partial charge in [0, 0.05) is 45.2 Å². The standard InChI is InChI=1S/C42H34N4/c1-3-10-38-33(8-1)35-16-14-31-23-40(35)45(38)32-15-17-36-34-9-2-4-11-39(34)46(41(36)24-32)42-19-13-30(26-44-42)22-28-7-5-6-27(20-28)21-29-12-18-37(31)43-25-29/h1-4,8-19,23-28H,5-7,20-22H2. The SMILES string of the molecule is c1ccc2c(c1)c1ccc3cc1n2-c1ccc2c4ccccc4n(c2c1)-c1ccc(cn1)CC1CCCC(Cc2ccc-3nc2)C1. The molecule has 1 saturated carbocycles. The van der Waals surface area contributed by atoms with E-state index in [1.807, 2.05) is 0 Å². The molecule has 8 heterocycles. The van der Waals surface area contributed by atoms with Gasteiger partial charge in [-0.05, 0) is 84.7 Å². The molecule has 4 nitrogen and oxygen atoms in total. The number of rotatable bonds is 0. The number of fused-ring (bicyclic) bond motifs is 4. The molecule has 10 bridgehead atoms. The van der Waals surface area contributed by atoms with Crippen molar-refractivity contribution in [2.75, 3.05) is 0 Å². The van der Waals surface area contributed by atoms with Crippen LogP contribution in [0.5, 0.6) is 0 Å². The third-order valence-electron chi connectivity index (χ3n) is 10.7. The number of benzene rings is 4. The van der Waals surface area contributed by atoms with Crippen LogP contribution >= 0.6 is 0 Å². The maximum atomic E-state index is 5.12. The minimum Gasteiger partial charge on any atom is -0.309 e. The lowest BCUT2D eigenvalue weighted by atomic mass is 9.76. The zero-order valence-electron chi connectivity index (χ0n) is 25.7. The molecule has 46 heavy (non-hydrogen) atoms. The van der Waals surface area contributed by atoms with Gasteiger partial charge in [0.05, 0.1) is 27.8 Å². The second-order valence-corrected chi connectivity index (χ2v) is 13.5. The minimum atomic E-state index is 0.708. The lowest BCUT2D eigenvalue weighted by Crippen LogP contribution is -2.19. The Morgan fingerprint density at radius 2 is 1.15 bits per heavy atom. The first kappa shape index (κ1) is 26.0. The zero-order valence-corrected chi connectivity index (χ0v) is 25.7. The molecule has 4 aromatic carbocycles. The Labute approximate surface area is 268 Å². The van der Waals surface area contributed by atoms with E-state index in [1.54, 1.807) is 0 Å². The number of hydrogen-bond acceptors (Lipinski definition) is 2. The predicted octanol–water partition coefficient (Wildman–Crippen LogP) is 10.2. The van der Waals surface area contributed by atoms with Gasteiger partial charge in [0.2, 0.25) is 0 Å². The zero-order chi connectivity index (χ0) is 30.2. The highest BCUT2D eigenvalue weighted by Crippen LogP contribution is 2.38. The molecule has 0 N–H and O–H groups in total. The van der Waals surface area contributed by atoms with Crippen molar-refractivity contribution in [1.82, 2.24) is 19.1 Å². The molecule has 8 aromatic rings. The summed E-state index contributed by atoms with van der Waals surface area (Å²) in [4.78, 5) is 10.1. The van der Waals surface area contributed by atoms with Crippen LogP contribution in [0.25, 0.3) is 66.4 Å². The average Bonchev–Trinajstić information content (AvgIpc) is 3.61. The molecule has 13 rings (SSSR count). The van der Waals surface area contributed by atoms with Crippen LogP contribution in [0.2, 0.25) is 0 Å². The number of pyridine rings is 2. The summed E-state index contributed by atoms with van der Waals surface area (Å²) in [5, 5.41) is 4.99. The van der Waals surface area contributed by atoms with Crippen LogP contribution in [0.3, 0.4) is 0 Å². The molecule has 2 unspecified atom stereocenters. The van der Waals surface area contributed by atoms with E-state index in [9.17, 15) is 0 Å². The summed E-state index contributed by atoms with van der Waals surface area (Å²) < 4.78 is 4.77. The number of hydrogen-bond donors (Lipinski definition) is 0. The Balaban J connectivity index is 1.25.